The fourth-order valence-electron chi connectivity index (χ4n) is 1.85. The topological polar surface area (TPSA) is 80.9 Å². The molecule has 0 aromatic carbocycles. The van der Waals surface area contributed by atoms with E-state index < -0.39 is 0 Å². The lowest BCUT2D eigenvalue weighted by Gasteiger charge is -2.03. The van der Waals surface area contributed by atoms with Crippen LogP contribution in [0.1, 0.15) is 20.2 Å². The van der Waals surface area contributed by atoms with Crippen molar-refractivity contribution in [2.24, 2.45) is 0 Å². The van der Waals surface area contributed by atoms with Crippen molar-refractivity contribution in [2.75, 3.05) is 5.73 Å². The van der Waals surface area contributed by atoms with Gasteiger partial charge in [0.25, 0.3) is 5.91 Å². The van der Waals surface area contributed by atoms with Gasteiger partial charge in [-0.2, -0.15) is 0 Å². The van der Waals surface area contributed by atoms with Crippen LogP contribution in [0.15, 0.2) is 23.8 Å². The average molecular weight is 304 g/mol. The van der Waals surface area contributed by atoms with E-state index >= 15 is 0 Å². The first kappa shape index (κ1) is 13.0. The molecule has 20 heavy (non-hydrogen) atoms. The SMILES string of the molecule is Cc1ncsc1CNC(=O)c1sc2cccnc2c1N. The predicted octanol–water partition coefficient (Wildman–Crippen LogP) is 2.57. The Balaban J connectivity index is 1.82. The molecule has 3 aromatic heterocycles. The highest BCUT2D eigenvalue weighted by atomic mass is 32.1. The Morgan fingerprint density at radius 2 is 2.30 bits per heavy atom. The number of hydrogen-bond acceptors (Lipinski definition) is 6. The number of carbonyl (C=O) groups excluding carboxylic acids is 1. The van der Waals surface area contributed by atoms with Gasteiger partial charge in [-0.3, -0.25) is 9.78 Å². The van der Waals surface area contributed by atoms with Gasteiger partial charge >= 0.3 is 0 Å². The van der Waals surface area contributed by atoms with Gasteiger partial charge in [0, 0.05) is 11.1 Å². The van der Waals surface area contributed by atoms with E-state index in [1.165, 1.54) is 22.7 Å². The molecule has 3 heterocycles. The van der Waals surface area contributed by atoms with Crippen molar-refractivity contribution in [1.29, 1.82) is 0 Å². The molecule has 0 atom stereocenters. The molecule has 5 nitrogen and oxygen atoms in total. The third kappa shape index (κ3) is 2.25. The van der Waals surface area contributed by atoms with Crippen LogP contribution in [-0.4, -0.2) is 15.9 Å². The van der Waals surface area contributed by atoms with Crippen LogP contribution >= 0.6 is 22.7 Å². The molecule has 0 saturated heterocycles. The van der Waals surface area contributed by atoms with Crippen molar-refractivity contribution in [2.45, 2.75) is 13.5 Å². The minimum atomic E-state index is -0.168. The summed E-state index contributed by atoms with van der Waals surface area (Å²) in [6.07, 6.45) is 1.67. The number of fused-ring (bicyclic) bond motifs is 1. The maximum Gasteiger partial charge on any atom is 0.263 e. The van der Waals surface area contributed by atoms with E-state index in [0.29, 0.717) is 22.6 Å². The van der Waals surface area contributed by atoms with Gasteiger partial charge in [0.2, 0.25) is 0 Å². The molecule has 1 amide bonds. The number of rotatable bonds is 3. The van der Waals surface area contributed by atoms with Crippen molar-refractivity contribution in [3.63, 3.8) is 0 Å². The smallest absolute Gasteiger partial charge is 0.263 e. The number of nitrogens with zero attached hydrogens (tertiary/aromatic N) is 2. The largest absolute Gasteiger partial charge is 0.396 e. The Hall–Kier alpha value is -1.99. The standard InChI is InChI=1S/C13H12N4OS2/c1-7-9(19-6-17-7)5-16-13(18)12-10(14)11-8(20-12)3-2-4-15-11/h2-4,6H,5,14H2,1H3,(H,16,18). The number of nitrogens with two attached hydrogens (primary N) is 1. The summed E-state index contributed by atoms with van der Waals surface area (Å²) in [5.74, 6) is -0.168. The van der Waals surface area contributed by atoms with E-state index in [9.17, 15) is 4.79 Å². The van der Waals surface area contributed by atoms with Crippen LogP contribution in [-0.2, 0) is 6.54 Å². The quantitative estimate of drug-likeness (QED) is 0.779. The Bertz CT molecular complexity index is 778. The minimum Gasteiger partial charge on any atom is -0.396 e. The lowest BCUT2D eigenvalue weighted by atomic mass is 10.3. The molecule has 7 heteroatoms. The van der Waals surface area contributed by atoms with Crippen LogP contribution < -0.4 is 11.1 Å². The van der Waals surface area contributed by atoms with Gasteiger partial charge in [0.15, 0.2) is 0 Å². The first-order chi connectivity index (χ1) is 9.66. The zero-order valence-corrected chi connectivity index (χ0v) is 12.3. The summed E-state index contributed by atoms with van der Waals surface area (Å²) in [6.45, 7) is 2.39. The molecule has 0 aliphatic rings. The molecule has 0 aliphatic carbocycles. The number of thiazole rings is 1. The summed E-state index contributed by atoms with van der Waals surface area (Å²) in [6, 6.07) is 3.74. The molecule has 0 radical (unpaired) electrons. The van der Waals surface area contributed by atoms with Gasteiger partial charge in [0.05, 0.1) is 28.1 Å². The zero-order chi connectivity index (χ0) is 14.1. The first-order valence-electron chi connectivity index (χ1n) is 5.97. The molecule has 0 spiro atoms. The summed E-state index contributed by atoms with van der Waals surface area (Å²) in [5, 5.41) is 2.88. The Labute approximate surface area is 123 Å². The number of carbonyl (C=O) groups is 1. The van der Waals surface area contributed by atoms with E-state index in [2.05, 4.69) is 15.3 Å². The molecule has 102 valence electrons. The number of amides is 1. The number of thiophene rings is 1. The minimum absolute atomic E-state index is 0.168. The van der Waals surface area contributed by atoms with E-state index in [1.54, 1.807) is 11.7 Å². The van der Waals surface area contributed by atoms with Crippen molar-refractivity contribution >= 4 is 44.5 Å². The normalized spacial score (nSPS) is 10.8. The van der Waals surface area contributed by atoms with Gasteiger partial charge < -0.3 is 11.1 Å². The summed E-state index contributed by atoms with van der Waals surface area (Å²) >= 11 is 2.89. The van der Waals surface area contributed by atoms with Gasteiger partial charge in [0.1, 0.15) is 10.4 Å². The van der Waals surface area contributed by atoms with Crippen LogP contribution in [0, 0.1) is 6.92 Å². The number of aromatic nitrogens is 2. The molecule has 0 unspecified atom stereocenters. The first-order valence-corrected chi connectivity index (χ1v) is 7.66. The molecule has 3 N–H and O–H groups in total. The van der Waals surface area contributed by atoms with Crippen LogP contribution in [0.2, 0.25) is 0 Å². The summed E-state index contributed by atoms with van der Waals surface area (Å²) in [7, 11) is 0. The van der Waals surface area contributed by atoms with Crippen LogP contribution in [0.3, 0.4) is 0 Å². The van der Waals surface area contributed by atoms with E-state index in [4.69, 9.17) is 5.73 Å². The monoisotopic (exact) mass is 304 g/mol. The molecule has 3 rings (SSSR count). The summed E-state index contributed by atoms with van der Waals surface area (Å²) < 4.78 is 0.920. The predicted molar refractivity (Wildman–Crippen MR) is 82.1 cm³/mol. The van der Waals surface area contributed by atoms with Crippen molar-refractivity contribution in [3.05, 3.63) is 39.3 Å². The second-order valence-electron chi connectivity index (χ2n) is 4.24. The van der Waals surface area contributed by atoms with Crippen LogP contribution in [0.25, 0.3) is 10.2 Å². The van der Waals surface area contributed by atoms with Gasteiger partial charge in [-0.1, -0.05) is 0 Å². The maximum atomic E-state index is 12.2. The molecule has 0 fully saturated rings. The highest BCUT2D eigenvalue weighted by Crippen LogP contribution is 2.31. The van der Waals surface area contributed by atoms with Gasteiger partial charge in [-0.25, -0.2) is 4.98 Å². The van der Waals surface area contributed by atoms with Crippen LogP contribution in [0.4, 0.5) is 5.69 Å². The van der Waals surface area contributed by atoms with Crippen molar-refractivity contribution in [3.8, 4) is 0 Å². The third-order valence-electron chi connectivity index (χ3n) is 2.94. The highest BCUT2D eigenvalue weighted by molar-refractivity contribution is 7.21. The number of pyridine rings is 1. The van der Waals surface area contributed by atoms with Crippen molar-refractivity contribution in [1.82, 2.24) is 15.3 Å². The number of nitrogen functional groups attached to an aromatic ring is 1. The Morgan fingerprint density at radius 1 is 1.45 bits per heavy atom. The Kier molecular flexibility index (Phi) is 3.37. The molecule has 3 aromatic rings. The Morgan fingerprint density at radius 3 is 3.00 bits per heavy atom. The highest BCUT2D eigenvalue weighted by Gasteiger charge is 2.17. The van der Waals surface area contributed by atoms with E-state index in [0.717, 1.165) is 15.3 Å². The lowest BCUT2D eigenvalue weighted by molar-refractivity contribution is 0.0956. The summed E-state index contributed by atoms with van der Waals surface area (Å²) in [5.41, 5.74) is 9.85. The molecule has 0 aliphatic heterocycles. The zero-order valence-electron chi connectivity index (χ0n) is 10.7. The molecular weight excluding hydrogens is 292 g/mol. The second-order valence-corrected chi connectivity index (χ2v) is 6.23. The van der Waals surface area contributed by atoms with Gasteiger partial charge in [-0.05, 0) is 19.1 Å². The van der Waals surface area contributed by atoms with Crippen LogP contribution in [0.5, 0.6) is 0 Å². The fraction of sp³-hybridized carbons (Fsp3) is 0.154. The van der Waals surface area contributed by atoms with Gasteiger partial charge in [-0.15, -0.1) is 22.7 Å². The lowest BCUT2D eigenvalue weighted by Crippen LogP contribution is -2.22. The number of aryl methyl sites for hydroxylation is 1. The maximum absolute atomic E-state index is 12.2. The summed E-state index contributed by atoms with van der Waals surface area (Å²) in [4.78, 5) is 22.1. The van der Waals surface area contributed by atoms with E-state index in [1.807, 2.05) is 19.1 Å². The molecule has 0 saturated carbocycles. The van der Waals surface area contributed by atoms with E-state index in [-0.39, 0.29) is 5.91 Å². The average Bonchev–Trinajstić information content (AvgIpc) is 3.01. The third-order valence-corrected chi connectivity index (χ3v) is 5.04. The number of nitrogens with one attached hydrogen (secondary N) is 1. The van der Waals surface area contributed by atoms with Crippen molar-refractivity contribution < 1.29 is 4.79 Å². The number of hydrogen-bond donors (Lipinski definition) is 2. The molecule has 0 bridgehead atoms. The molecular formula is C13H12N4OS2. The fourth-order valence-corrected chi connectivity index (χ4v) is 3.57. The number of anilines is 1. The second kappa shape index (κ2) is 5.18.